The molecule has 3 N–H and O–H groups in total. The molecule has 2 rings (SSSR count). The van der Waals surface area contributed by atoms with Gasteiger partial charge in [0, 0.05) is 43.7 Å². The maximum atomic E-state index is 11.5. The van der Waals surface area contributed by atoms with Crippen molar-refractivity contribution in [1.29, 1.82) is 0 Å². The number of benzene rings is 1. The van der Waals surface area contributed by atoms with Gasteiger partial charge in [0.25, 0.3) is 0 Å². The summed E-state index contributed by atoms with van der Waals surface area (Å²) in [5.41, 5.74) is 0.734. The van der Waals surface area contributed by atoms with E-state index in [4.69, 9.17) is 0 Å². The Morgan fingerprint density at radius 1 is 1.42 bits per heavy atom. The Balaban J connectivity index is 1.82. The van der Waals surface area contributed by atoms with Crippen molar-refractivity contribution in [3.05, 3.63) is 23.8 Å². The van der Waals surface area contributed by atoms with E-state index in [1.165, 1.54) is 6.07 Å². The van der Waals surface area contributed by atoms with Gasteiger partial charge in [-0.1, -0.05) is 6.07 Å². The van der Waals surface area contributed by atoms with Gasteiger partial charge in [-0.15, -0.1) is 0 Å². The molecule has 19 heavy (non-hydrogen) atoms. The lowest BCUT2D eigenvalue weighted by Gasteiger charge is -2.22. The van der Waals surface area contributed by atoms with Crippen molar-refractivity contribution in [2.45, 2.75) is 32.4 Å². The number of rotatable bonds is 5. The Kier molecular flexibility index (Phi) is 4.27. The highest BCUT2D eigenvalue weighted by Gasteiger charge is 2.21. The maximum Gasteiger partial charge on any atom is 0.222 e. The van der Waals surface area contributed by atoms with Gasteiger partial charge in [-0.05, 0) is 19.4 Å². The van der Waals surface area contributed by atoms with Gasteiger partial charge in [0.15, 0.2) is 0 Å². The van der Waals surface area contributed by atoms with E-state index in [9.17, 15) is 15.0 Å². The second-order valence-corrected chi connectivity index (χ2v) is 5.04. The van der Waals surface area contributed by atoms with Gasteiger partial charge in [-0.3, -0.25) is 4.79 Å². The van der Waals surface area contributed by atoms with E-state index in [0.717, 1.165) is 18.5 Å². The molecule has 1 aliphatic rings. The Morgan fingerprint density at radius 2 is 2.21 bits per heavy atom. The minimum atomic E-state index is 0.0527. The van der Waals surface area contributed by atoms with Gasteiger partial charge in [-0.25, -0.2) is 0 Å². The number of phenols is 2. The molecule has 1 atom stereocenters. The zero-order chi connectivity index (χ0) is 13.8. The van der Waals surface area contributed by atoms with Gasteiger partial charge in [-0.2, -0.15) is 0 Å². The number of likely N-dealkylation sites (tertiary alicyclic amines) is 1. The standard InChI is InChI=1S/C14H20N2O3/c1-10(9-16-6-2-3-14(16)19)15-8-11-4-5-12(17)7-13(11)18/h4-5,7,10,15,17-18H,2-3,6,8-9H2,1H3. The summed E-state index contributed by atoms with van der Waals surface area (Å²) in [5, 5.41) is 22.1. The van der Waals surface area contributed by atoms with Crippen LogP contribution in [0.1, 0.15) is 25.3 Å². The molecular weight excluding hydrogens is 244 g/mol. The van der Waals surface area contributed by atoms with Crippen LogP contribution in [0.2, 0.25) is 0 Å². The lowest BCUT2D eigenvalue weighted by molar-refractivity contribution is -0.127. The Morgan fingerprint density at radius 3 is 2.84 bits per heavy atom. The molecule has 104 valence electrons. The molecule has 5 heteroatoms. The number of nitrogens with one attached hydrogen (secondary N) is 1. The fourth-order valence-electron chi connectivity index (χ4n) is 2.28. The van der Waals surface area contributed by atoms with Crippen LogP contribution in [0.4, 0.5) is 0 Å². The van der Waals surface area contributed by atoms with E-state index in [1.54, 1.807) is 12.1 Å². The molecule has 1 fully saturated rings. The molecule has 1 saturated heterocycles. The fourth-order valence-corrected chi connectivity index (χ4v) is 2.28. The van der Waals surface area contributed by atoms with Crippen LogP contribution in [0.15, 0.2) is 18.2 Å². The Hall–Kier alpha value is -1.75. The zero-order valence-electron chi connectivity index (χ0n) is 11.1. The Labute approximate surface area is 112 Å². The van der Waals surface area contributed by atoms with Crippen molar-refractivity contribution in [2.75, 3.05) is 13.1 Å². The summed E-state index contributed by atoms with van der Waals surface area (Å²) in [6, 6.07) is 4.72. The van der Waals surface area contributed by atoms with Crippen molar-refractivity contribution in [3.8, 4) is 11.5 Å². The van der Waals surface area contributed by atoms with Crippen LogP contribution in [-0.2, 0) is 11.3 Å². The summed E-state index contributed by atoms with van der Waals surface area (Å²) in [6.07, 6.45) is 1.61. The second kappa shape index (κ2) is 5.93. The predicted molar refractivity (Wildman–Crippen MR) is 71.9 cm³/mol. The van der Waals surface area contributed by atoms with Gasteiger partial charge in [0.05, 0.1) is 0 Å². The molecule has 0 aromatic heterocycles. The highest BCUT2D eigenvalue weighted by molar-refractivity contribution is 5.78. The van der Waals surface area contributed by atoms with Gasteiger partial charge >= 0.3 is 0 Å². The summed E-state index contributed by atoms with van der Waals surface area (Å²) in [7, 11) is 0. The van der Waals surface area contributed by atoms with E-state index >= 15 is 0 Å². The van der Waals surface area contributed by atoms with E-state index in [2.05, 4.69) is 5.32 Å². The van der Waals surface area contributed by atoms with Gasteiger partial charge in [0.1, 0.15) is 11.5 Å². The number of carbonyl (C=O) groups is 1. The quantitative estimate of drug-likeness (QED) is 0.747. The normalized spacial score (nSPS) is 16.9. The predicted octanol–water partition coefficient (Wildman–Crippen LogP) is 1.20. The lowest BCUT2D eigenvalue weighted by Crippen LogP contribution is -2.39. The zero-order valence-corrected chi connectivity index (χ0v) is 11.1. The minimum Gasteiger partial charge on any atom is -0.508 e. The van der Waals surface area contributed by atoms with Crippen molar-refractivity contribution in [1.82, 2.24) is 10.2 Å². The summed E-state index contributed by atoms with van der Waals surface area (Å²) in [5.74, 6) is 0.357. The SMILES string of the molecule is CC(CN1CCCC1=O)NCc1ccc(O)cc1O. The number of hydrogen-bond donors (Lipinski definition) is 3. The highest BCUT2D eigenvalue weighted by atomic mass is 16.3. The van der Waals surface area contributed by atoms with E-state index in [1.807, 2.05) is 11.8 Å². The van der Waals surface area contributed by atoms with Crippen LogP contribution in [0.3, 0.4) is 0 Å². The molecule has 0 aliphatic carbocycles. The summed E-state index contributed by atoms with van der Waals surface area (Å²) < 4.78 is 0. The molecule has 1 unspecified atom stereocenters. The van der Waals surface area contributed by atoms with Crippen molar-refractivity contribution in [3.63, 3.8) is 0 Å². The number of amides is 1. The first-order valence-corrected chi connectivity index (χ1v) is 6.58. The van der Waals surface area contributed by atoms with Crippen LogP contribution in [-0.4, -0.2) is 40.2 Å². The first kappa shape index (κ1) is 13.7. The molecule has 0 spiro atoms. The molecule has 0 radical (unpaired) electrons. The number of aromatic hydroxyl groups is 2. The van der Waals surface area contributed by atoms with E-state index in [0.29, 0.717) is 19.5 Å². The number of carbonyl (C=O) groups excluding carboxylic acids is 1. The number of nitrogens with zero attached hydrogens (tertiary/aromatic N) is 1. The molecule has 1 heterocycles. The van der Waals surface area contributed by atoms with Crippen molar-refractivity contribution >= 4 is 5.91 Å². The summed E-state index contributed by atoms with van der Waals surface area (Å²) in [4.78, 5) is 13.4. The molecule has 1 aromatic rings. The average molecular weight is 264 g/mol. The Bertz CT molecular complexity index is 462. The largest absolute Gasteiger partial charge is 0.508 e. The second-order valence-electron chi connectivity index (χ2n) is 5.04. The van der Waals surface area contributed by atoms with Gasteiger partial charge in [0.2, 0.25) is 5.91 Å². The number of hydrogen-bond acceptors (Lipinski definition) is 4. The molecule has 1 aliphatic heterocycles. The average Bonchev–Trinajstić information content (AvgIpc) is 2.74. The van der Waals surface area contributed by atoms with Gasteiger partial charge < -0.3 is 20.4 Å². The maximum absolute atomic E-state index is 11.5. The smallest absolute Gasteiger partial charge is 0.222 e. The summed E-state index contributed by atoms with van der Waals surface area (Å²) in [6.45, 7) is 4.06. The third-order valence-corrected chi connectivity index (χ3v) is 3.38. The third-order valence-electron chi connectivity index (χ3n) is 3.38. The number of phenolic OH excluding ortho intramolecular Hbond substituents is 2. The molecular formula is C14H20N2O3. The molecule has 0 saturated carbocycles. The minimum absolute atomic E-state index is 0.0527. The first-order valence-electron chi connectivity index (χ1n) is 6.58. The van der Waals surface area contributed by atoms with Crippen LogP contribution in [0.5, 0.6) is 11.5 Å². The van der Waals surface area contributed by atoms with Crippen LogP contribution in [0, 0.1) is 0 Å². The molecule has 1 aromatic carbocycles. The first-order chi connectivity index (χ1) is 9.06. The summed E-state index contributed by atoms with van der Waals surface area (Å²) >= 11 is 0. The van der Waals surface area contributed by atoms with Crippen LogP contribution in [0.25, 0.3) is 0 Å². The molecule has 5 nitrogen and oxygen atoms in total. The van der Waals surface area contributed by atoms with Crippen molar-refractivity contribution in [2.24, 2.45) is 0 Å². The monoisotopic (exact) mass is 264 g/mol. The lowest BCUT2D eigenvalue weighted by atomic mass is 10.2. The third kappa shape index (κ3) is 3.61. The van der Waals surface area contributed by atoms with Crippen LogP contribution < -0.4 is 5.32 Å². The van der Waals surface area contributed by atoms with E-state index < -0.39 is 0 Å². The molecule has 1 amide bonds. The van der Waals surface area contributed by atoms with Crippen molar-refractivity contribution < 1.29 is 15.0 Å². The molecule has 0 bridgehead atoms. The van der Waals surface area contributed by atoms with Crippen LogP contribution >= 0.6 is 0 Å². The topological polar surface area (TPSA) is 72.8 Å². The fraction of sp³-hybridized carbons (Fsp3) is 0.500. The highest BCUT2D eigenvalue weighted by Crippen LogP contribution is 2.22. The van der Waals surface area contributed by atoms with E-state index in [-0.39, 0.29) is 23.4 Å².